The minimum absolute atomic E-state index is 0.136. The number of nitrogens with zero attached hydrogens (tertiary/aromatic N) is 1. The number of carbonyl (C=O) groups excluding carboxylic acids is 1. The molecule has 0 aromatic carbocycles. The van der Waals surface area contributed by atoms with Crippen molar-refractivity contribution in [1.29, 1.82) is 0 Å². The predicted octanol–water partition coefficient (Wildman–Crippen LogP) is 0.455. The summed E-state index contributed by atoms with van der Waals surface area (Å²) in [5, 5.41) is 9.49. The van der Waals surface area contributed by atoms with Crippen LogP contribution in [0.5, 0.6) is 0 Å². The Morgan fingerprint density at radius 1 is 1.46 bits per heavy atom. The molecule has 4 heteroatoms. The smallest absolute Gasteiger partial charge is 0.223 e. The molecule has 2 atom stereocenters. The van der Waals surface area contributed by atoms with E-state index in [0.717, 1.165) is 19.5 Å². The van der Waals surface area contributed by atoms with Gasteiger partial charge in [0.2, 0.25) is 5.91 Å². The van der Waals surface area contributed by atoms with Crippen molar-refractivity contribution in [3.8, 4) is 0 Å². The third kappa shape index (κ3) is 1.55. The Kier molecular flexibility index (Phi) is 2.47. The molecule has 2 saturated heterocycles. The van der Waals surface area contributed by atoms with Crippen molar-refractivity contribution >= 4 is 17.5 Å². The molecule has 2 unspecified atom stereocenters. The van der Waals surface area contributed by atoms with Crippen LogP contribution in [-0.4, -0.2) is 41.0 Å². The molecule has 1 aliphatic carbocycles. The Hall–Kier alpha value is -0.280. The molecule has 2 heterocycles. The summed E-state index contributed by atoms with van der Waals surface area (Å²) in [7, 11) is 0. The lowest BCUT2D eigenvalue weighted by Gasteiger charge is -2.51. The minimum Gasteiger partial charge on any atom is -0.392 e. The van der Waals surface area contributed by atoms with Gasteiger partial charge in [-0.05, 0) is 6.42 Å². The molecule has 13 heavy (non-hydrogen) atoms. The highest BCUT2D eigenvalue weighted by Gasteiger charge is 2.46. The van der Waals surface area contributed by atoms with Crippen molar-refractivity contribution in [2.24, 2.45) is 11.8 Å². The monoisotopic (exact) mass is 203 g/mol. The molecule has 3 aliphatic rings. The van der Waals surface area contributed by atoms with Gasteiger partial charge in [0.1, 0.15) is 0 Å². The molecule has 0 aromatic rings. The normalized spacial score (nSPS) is 37.1. The first-order valence-corrected chi connectivity index (χ1v) is 5.27. The lowest BCUT2D eigenvalue weighted by atomic mass is 9.68. The first kappa shape index (κ1) is 9.28. The highest BCUT2D eigenvalue weighted by molar-refractivity contribution is 6.18. The Balaban J connectivity index is 1.88. The molecule has 0 spiro atoms. The molecule has 74 valence electrons. The fraction of sp³-hybridized carbons (Fsp3) is 0.889. The number of aliphatic hydroxyl groups is 1. The summed E-state index contributed by atoms with van der Waals surface area (Å²) in [4.78, 5) is 13.3. The minimum atomic E-state index is -0.153. The number of rotatable bonds is 2. The van der Waals surface area contributed by atoms with Gasteiger partial charge in [-0.3, -0.25) is 4.79 Å². The van der Waals surface area contributed by atoms with E-state index in [4.69, 9.17) is 11.6 Å². The second-order valence-electron chi connectivity index (χ2n) is 3.98. The van der Waals surface area contributed by atoms with E-state index >= 15 is 0 Å². The van der Waals surface area contributed by atoms with Gasteiger partial charge in [-0.2, -0.15) is 0 Å². The number of carbonyl (C=O) groups is 1. The highest BCUT2D eigenvalue weighted by atomic mass is 35.5. The lowest BCUT2D eigenvalue weighted by molar-refractivity contribution is -0.149. The van der Waals surface area contributed by atoms with Crippen LogP contribution in [0, 0.1) is 11.8 Å². The van der Waals surface area contributed by atoms with E-state index in [-0.39, 0.29) is 12.0 Å². The molecule has 1 N–H and O–H groups in total. The second kappa shape index (κ2) is 3.46. The van der Waals surface area contributed by atoms with Crippen LogP contribution in [0.1, 0.15) is 12.8 Å². The quantitative estimate of drug-likeness (QED) is 0.663. The van der Waals surface area contributed by atoms with Crippen molar-refractivity contribution in [3.63, 3.8) is 0 Å². The van der Waals surface area contributed by atoms with Crippen LogP contribution >= 0.6 is 11.6 Å². The molecule has 1 amide bonds. The number of piperidine rings is 2. The van der Waals surface area contributed by atoms with Crippen molar-refractivity contribution < 1.29 is 9.90 Å². The number of aliphatic hydroxyl groups excluding tert-OH is 1. The summed E-state index contributed by atoms with van der Waals surface area (Å²) in [6, 6.07) is 0. The van der Waals surface area contributed by atoms with Gasteiger partial charge >= 0.3 is 0 Å². The van der Waals surface area contributed by atoms with Crippen LogP contribution in [0.25, 0.3) is 0 Å². The van der Waals surface area contributed by atoms with Crippen LogP contribution in [0.4, 0.5) is 0 Å². The van der Waals surface area contributed by atoms with Gasteiger partial charge in [-0.1, -0.05) is 0 Å². The van der Waals surface area contributed by atoms with Crippen LogP contribution < -0.4 is 0 Å². The summed E-state index contributed by atoms with van der Waals surface area (Å²) in [5.41, 5.74) is 0. The van der Waals surface area contributed by atoms with Gasteiger partial charge in [-0.15, -0.1) is 11.6 Å². The van der Waals surface area contributed by atoms with Crippen LogP contribution in [-0.2, 0) is 4.79 Å². The predicted molar refractivity (Wildman–Crippen MR) is 49.5 cm³/mol. The molecule has 2 bridgehead atoms. The Labute approximate surface area is 82.7 Å². The molecule has 2 aliphatic heterocycles. The Morgan fingerprint density at radius 2 is 2.08 bits per heavy atom. The number of amides is 1. The third-order valence-electron chi connectivity index (χ3n) is 3.14. The SMILES string of the molecule is O=C(CCCl)N1CC2CC(C1)C2O. The van der Waals surface area contributed by atoms with Crippen molar-refractivity contribution in [1.82, 2.24) is 4.90 Å². The standard InChI is InChI=1S/C9H14ClNO2/c10-2-1-8(12)11-4-6-3-7(5-11)9(6)13/h6-7,9,13H,1-5H2. The number of hydrogen-bond acceptors (Lipinski definition) is 2. The number of alkyl halides is 1. The zero-order valence-corrected chi connectivity index (χ0v) is 8.20. The Bertz CT molecular complexity index is 210. The maximum Gasteiger partial charge on any atom is 0.223 e. The third-order valence-corrected chi connectivity index (χ3v) is 3.33. The second-order valence-corrected chi connectivity index (χ2v) is 4.36. The molecular formula is C9H14ClNO2. The van der Waals surface area contributed by atoms with E-state index in [1.54, 1.807) is 0 Å². The van der Waals surface area contributed by atoms with E-state index in [1.165, 1.54) is 0 Å². The summed E-state index contributed by atoms with van der Waals surface area (Å²) in [5.74, 6) is 1.19. The summed E-state index contributed by atoms with van der Waals surface area (Å²) in [6.07, 6.45) is 1.36. The van der Waals surface area contributed by atoms with Crippen molar-refractivity contribution in [2.45, 2.75) is 18.9 Å². The largest absolute Gasteiger partial charge is 0.392 e. The van der Waals surface area contributed by atoms with Gasteiger partial charge in [0, 0.05) is 37.2 Å². The average molecular weight is 204 g/mol. The highest BCUT2D eigenvalue weighted by Crippen LogP contribution is 2.39. The zero-order chi connectivity index (χ0) is 9.42. The van der Waals surface area contributed by atoms with E-state index in [2.05, 4.69) is 0 Å². The number of fused-ring (bicyclic) bond motifs is 2. The maximum absolute atomic E-state index is 11.4. The summed E-state index contributed by atoms with van der Waals surface area (Å²) >= 11 is 5.50. The van der Waals surface area contributed by atoms with Crippen LogP contribution in [0.15, 0.2) is 0 Å². The van der Waals surface area contributed by atoms with Crippen LogP contribution in [0.2, 0.25) is 0 Å². The van der Waals surface area contributed by atoms with E-state index in [1.807, 2.05) is 4.90 Å². The van der Waals surface area contributed by atoms with E-state index < -0.39 is 0 Å². The maximum atomic E-state index is 11.4. The van der Waals surface area contributed by atoms with Gasteiger partial charge in [0.25, 0.3) is 0 Å². The average Bonchev–Trinajstić information content (AvgIpc) is 2.17. The fourth-order valence-electron chi connectivity index (χ4n) is 2.31. The zero-order valence-electron chi connectivity index (χ0n) is 7.45. The first-order chi connectivity index (χ1) is 6.22. The van der Waals surface area contributed by atoms with Crippen molar-refractivity contribution in [3.05, 3.63) is 0 Å². The van der Waals surface area contributed by atoms with Crippen LogP contribution in [0.3, 0.4) is 0 Å². The summed E-state index contributed by atoms with van der Waals surface area (Å²) in [6.45, 7) is 1.46. The summed E-state index contributed by atoms with van der Waals surface area (Å²) < 4.78 is 0. The fourth-order valence-corrected chi connectivity index (χ4v) is 2.47. The molecule has 3 rings (SSSR count). The van der Waals surface area contributed by atoms with Gasteiger partial charge < -0.3 is 10.0 Å². The molecule has 3 nitrogen and oxygen atoms in total. The van der Waals surface area contributed by atoms with Gasteiger partial charge in [0.05, 0.1) is 6.10 Å². The topological polar surface area (TPSA) is 40.5 Å². The lowest BCUT2D eigenvalue weighted by Crippen LogP contribution is -2.59. The molecule has 0 aromatic heterocycles. The van der Waals surface area contributed by atoms with E-state index in [0.29, 0.717) is 24.1 Å². The number of hydrogen-bond donors (Lipinski definition) is 1. The number of halogens is 1. The van der Waals surface area contributed by atoms with Gasteiger partial charge in [0.15, 0.2) is 0 Å². The molecule has 0 radical (unpaired) electrons. The molecule has 3 fully saturated rings. The molecule has 1 saturated carbocycles. The van der Waals surface area contributed by atoms with Crippen molar-refractivity contribution in [2.75, 3.05) is 19.0 Å². The first-order valence-electron chi connectivity index (χ1n) is 4.74. The van der Waals surface area contributed by atoms with E-state index in [9.17, 15) is 9.90 Å². The molecular weight excluding hydrogens is 190 g/mol. The van der Waals surface area contributed by atoms with Gasteiger partial charge in [-0.25, -0.2) is 0 Å². The Morgan fingerprint density at radius 3 is 2.54 bits per heavy atom.